The number of halogens is 1. The number of benzene rings is 2. The minimum absolute atomic E-state index is 0.0163. The van der Waals surface area contributed by atoms with Crippen LogP contribution < -0.4 is 4.72 Å². The quantitative estimate of drug-likeness (QED) is 0.637. The van der Waals surface area contributed by atoms with Crippen molar-refractivity contribution in [3.8, 4) is 0 Å². The van der Waals surface area contributed by atoms with Crippen LogP contribution in [-0.2, 0) is 15.8 Å². The molecule has 25 heavy (non-hydrogen) atoms. The zero-order valence-electron chi connectivity index (χ0n) is 13.1. The van der Waals surface area contributed by atoms with Gasteiger partial charge in [-0.15, -0.1) is 10.2 Å². The predicted molar refractivity (Wildman–Crippen MR) is 97.9 cm³/mol. The molecule has 9 heteroatoms. The molecule has 0 unspecified atom stereocenters. The lowest BCUT2D eigenvalue weighted by Gasteiger charge is -2.07. The van der Waals surface area contributed by atoms with E-state index >= 15 is 0 Å². The molecule has 2 aromatic carbocycles. The zero-order valence-corrected chi connectivity index (χ0v) is 15.6. The summed E-state index contributed by atoms with van der Waals surface area (Å²) in [5.74, 6) is 0.242. The molecule has 1 heterocycles. The van der Waals surface area contributed by atoms with E-state index in [1.165, 1.54) is 23.9 Å². The van der Waals surface area contributed by atoms with E-state index in [4.69, 9.17) is 0 Å². The number of hydrogen-bond donors (Lipinski definition) is 1. The third-order valence-electron chi connectivity index (χ3n) is 3.26. The molecule has 0 aliphatic heterocycles. The van der Waals surface area contributed by atoms with Crippen LogP contribution >= 0.6 is 23.1 Å². The van der Waals surface area contributed by atoms with Gasteiger partial charge >= 0.3 is 0 Å². The van der Waals surface area contributed by atoms with Crippen LogP contribution in [0.4, 0.5) is 9.52 Å². The second-order valence-corrected chi connectivity index (χ2v) is 9.01. The van der Waals surface area contributed by atoms with Gasteiger partial charge in [0.15, 0.2) is 4.34 Å². The molecule has 130 valence electrons. The maximum atomic E-state index is 13.2. The van der Waals surface area contributed by atoms with E-state index in [9.17, 15) is 12.8 Å². The van der Waals surface area contributed by atoms with Gasteiger partial charge in [-0.2, -0.15) is 0 Å². The van der Waals surface area contributed by atoms with E-state index in [0.717, 1.165) is 28.7 Å². The molecule has 3 aromatic rings. The van der Waals surface area contributed by atoms with Crippen molar-refractivity contribution in [2.45, 2.75) is 21.9 Å². The highest BCUT2D eigenvalue weighted by Gasteiger charge is 2.19. The summed E-state index contributed by atoms with van der Waals surface area (Å²) in [7, 11) is -3.83. The molecule has 0 saturated carbocycles. The predicted octanol–water partition coefficient (Wildman–Crippen LogP) is 4.08. The van der Waals surface area contributed by atoms with Gasteiger partial charge in [-0.1, -0.05) is 53.4 Å². The molecular weight excluding hydrogens is 381 g/mol. The van der Waals surface area contributed by atoms with Crippen LogP contribution in [0, 0.1) is 12.7 Å². The fraction of sp³-hybridized carbons (Fsp3) is 0.125. The van der Waals surface area contributed by atoms with E-state index in [2.05, 4.69) is 14.9 Å². The summed E-state index contributed by atoms with van der Waals surface area (Å²) in [6, 6.07) is 13.4. The van der Waals surface area contributed by atoms with Crippen LogP contribution in [0.3, 0.4) is 0 Å². The highest BCUT2D eigenvalue weighted by atomic mass is 32.2. The fourth-order valence-electron chi connectivity index (χ4n) is 2.11. The van der Waals surface area contributed by atoms with Crippen LogP contribution in [0.2, 0.25) is 0 Å². The summed E-state index contributed by atoms with van der Waals surface area (Å²) in [5.41, 5.74) is 1.47. The van der Waals surface area contributed by atoms with Crippen LogP contribution in [0.25, 0.3) is 0 Å². The average molecular weight is 396 g/mol. The number of aromatic nitrogens is 2. The van der Waals surface area contributed by atoms with Gasteiger partial charge in [-0.25, -0.2) is 12.8 Å². The first-order valence-electron chi connectivity index (χ1n) is 7.23. The zero-order chi connectivity index (χ0) is 17.9. The Kier molecular flexibility index (Phi) is 5.36. The molecule has 3 rings (SSSR count). The van der Waals surface area contributed by atoms with Crippen molar-refractivity contribution in [1.82, 2.24) is 10.2 Å². The minimum Gasteiger partial charge on any atom is -0.253 e. The van der Waals surface area contributed by atoms with E-state index in [1.807, 2.05) is 30.3 Å². The van der Waals surface area contributed by atoms with Gasteiger partial charge < -0.3 is 0 Å². The van der Waals surface area contributed by atoms with Gasteiger partial charge in [-0.05, 0) is 36.2 Å². The Morgan fingerprint density at radius 3 is 2.64 bits per heavy atom. The molecule has 1 N–H and O–H groups in total. The third-order valence-corrected chi connectivity index (χ3v) is 6.93. The average Bonchev–Trinajstić information content (AvgIpc) is 3.00. The number of aryl methyl sites for hydroxylation is 1. The van der Waals surface area contributed by atoms with Crippen LogP contribution in [-0.4, -0.2) is 18.6 Å². The first-order chi connectivity index (χ1) is 11.9. The van der Waals surface area contributed by atoms with E-state index in [1.54, 1.807) is 6.92 Å². The number of sulfonamides is 1. The SMILES string of the molecule is Cc1cc(F)ccc1S(=O)(=O)Nc1nnc(SCc2ccccc2)s1. The Bertz CT molecular complexity index is 975. The van der Waals surface area contributed by atoms with Crippen molar-refractivity contribution < 1.29 is 12.8 Å². The van der Waals surface area contributed by atoms with Crippen molar-refractivity contribution in [1.29, 1.82) is 0 Å². The summed E-state index contributed by atoms with van der Waals surface area (Å²) in [6.45, 7) is 1.54. The second kappa shape index (κ2) is 7.51. The number of thioether (sulfide) groups is 1. The fourth-order valence-corrected chi connectivity index (χ4v) is 5.28. The minimum atomic E-state index is -3.83. The molecule has 0 spiro atoms. The highest BCUT2D eigenvalue weighted by Crippen LogP contribution is 2.29. The normalized spacial score (nSPS) is 11.4. The Morgan fingerprint density at radius 1 is 1.16 bits per heavy atom. The number of nitrogens with zero attached hydrogens (tertiary/aromatic N) is 2. The Balaban J connectivity index is 1.70. The summed E-state index contributed by atoms with van der Waals surface area (Å²) < 4.78 is 41.1. The van der Waals surface area contributed by atoms with Crippen molar-refractivity contribution in [3.63, 3.8) is 0 Å². The molecule has 0 atom stereocenters. The summed E-state index contributed by atoms with van der Waals surface area (Å²) >= 11 is 2.64. The van der Waals surface area contributed by atoms with E-state index < -0.39 is 15.8 Å². The highest BCUT2D eigenvalue weighted by molar-refractivity contribution is 8.00. The maximum Gasteiger partial charge on any atom is 0.263 e. The summed E-state index contributed by atoms with van der Waals surface area (Å²) in [5, 5.41) is 8.04. The van der Waals surface area contributed by atoms with Crippen molar-refractivity contribution in [3.05, 3.63) is 65.5 Å². The van der Waals surface area contributed by atoms with Crippen molar-refractivity contribution in [2.75, 3.05) is 4.72 Å². The first kappa shape index (κ1) is 17.8. The van der Waals surface area contributed by atoms with Crippen LogP contribution in [0.5, 0.6) is 0 Å². The monoisotopic (exact) mass is 395 g/mol. The van der Waals surface area contributed by atoms with Gasteiger partial charge in [0, 0.05) is 5.75 Å². The largest absolute Gasteiger partial charge is 0.263 e. The number of anilines is 1. The van der Waals surface area contributed by atoms with Crippen LogP contribution in [0.15, 0.2) is 57.8 Å². The van der Waals surface area contributed by atoms with Crippen LogP contribution in [0.1, 0.15) is 11.1 Å². The summed E-state index contributed by atoms with van der Waals surface area (Å²) in [4.78, 5) is 0.0163. The number of rotatable bonds is 6. The van der Waals surface area contributed by atoms with E-state index in [-0.39, 0.29) is 10.0 Å². The third kappa shape index (κ3) is 4.56. The molecular formula is C16H14FN3O2S3. The maximum absolute atomic E-state index is 13.2. The second-order valence-electron chi connectivity index (χ2n) is 5.16. The molecule has 0 fully saturated rings. The van der Waals surface area contributed by atoms with Crippen molar-refractivity contribution in [2.24, 2.45) is 0 Å². The Morgan fingerprint density at radius 2 is 1.92 bits per heavy atom. The number of hydrogen-bond acceptors (Lipinski definition) is 6. The van der Waals surface area contributed by atoms with Gasteiger partial charge in [0.25, 0.3) is 10.0 Å². The van der Waals surface area contributed by atoms with Gasteiger partial charge in [0.05, 0.1) is 4.90 Å². The molecule has 5 nitrogen and oxygen atoms in total. The Hall–Kier alpha value is -1.97. The molecule has 0 aliphatic carbocycles. The van der Waals surface area contributed by atoms with Gasteiger partial charge in [-0.3, -0.25) is 4.72 Å². The molecule has 1 aromatic heterocycles. The number of nitrogens with one attached hydrogen (secondary N) is 1. The Labute approximate surface area is 153 Å². The lowest BCUT2D eigenvalue weighted by atomic mass is 10.2. The molecule has 0 aliphatic rings. The summed E-state index contributed by atoms with van der Waals surface area (Å²) in [6.07, 6.45) is 0. The lowest BCUT2D eigenvalue weighted by molar-refractivity contribution is 0.598. The van der Waals surface area contributed by atoms with Gasteiger partial charge in [0.2, 0.25) is 5.13 Å². The van der Waals surface area contributed by atoms with Gasteiger partial charge in [0.1, 0.15) is 5.82 Å². The molecule has 0 bridgehead atoms. The molecule has 0 saturated heterocycles. The van der Waals surface area contributed by atoms with E-state index in [0.29, 0.717) is 9.90 Å². The first-order valence-corrected chi connectivity index (χ1v) is 10.5. The lowest BCUT2D eigenvalue weighted by Crippen LogP contribution is -2.14. The molecule has 0 amide bonds. The topological polar surface area (TPSA) is 72.0 Å². The van der Waals surface area contributed by atoms with Crippen molar-refractivity contribution >= 4 is 38.3 Å². The molecule has 0 radical (unpaired) electrons. The smallest absolute Gasteiger partial charge is 0.253 e. The standard InChI is InChI=1S/C16H14FN3O2S3/c1-11-9-13(17)7-8-14(11)25(21,22)20-15-18-19-16(24-15)23-10-12-5-3-2-4-6-12/h2-9H,10H2,1H3,(H,18,20).